The van der Waals surface area contributed by atoms with Gasteiger partial charge in [0.15, 0.2) is 5.84 Å². The highest BCUT2D eigenvalue weighted by molar-refractivity contribution is 6.06. The quantitative estimate of drug-likeness (QED) is 0.287. The molecule has 0 saturated heterocycles. The zero-order chi connectivity index (χ0) is 14.3. The smallest absolute Gasteiger partial charge is 0.233 e. The minimum absolute atomic E-state index is 0.0101. The zero-order valence-corrected chi connectivity index (χ0v) is 12.1. The molecule has 19 heavy (non-hydrogen) atoms. The van der Waals surface area contributed by atoms with E-state index < -0.39 is 5.41 Å². The number of rotatable bonds is 7. The third kappa shape index (κ3) is 3.61. The van der Waals surface area contributed by atoms with Gasteiger partial charge in [0.2, 0.25) is 5.91 Å². The molecule has 110 valence electrons. The molecular weight excluding hydrogens is 242 g/mol. The molecule has 0 aromatic rings. The second-order valence-electron chi connectivity index (χ2n) is 5.47. The molecule has 0 radical (unpaired) electrons. The lowest BCUT2D eigenvalue weighted by Gasteiger charge is -2.28. The third-order valence-electron chi connectivity index (χ3n) is 4.55. The van der Waals surface area contributed by atoms with Gasteiger partial charge >= 0.3 is 0 Å². The van der Waals surface area contributed by atoms with Crippen molar-refractivity contribution in [3.8, 4) is 0 Å². The molecule has 0 aromatic carbocycles. The number of amides is 1. The molecule has 0 bridgehead atoms. The van der Waals surface area contributed by atoms with Crippen LogP contribution in [0.15, 0.2) is 5.16 Å². The van der Waals surface area contributed by atoms with Crippen LogP contribution in [0.2, 0.25) is 0 Å². The molecule has 0 aromatic heterocycles. The van der Waals surface area contributed by atoms with Crippen LogP contribution in [0.5, 0.6) is 0 Å². The van der Waals surface area contributed by atoms with Gasteiger partial charge in [0.05, 0.1) is 0 Å². The summed E-state index contributed by atoms with van der Waals surface area (Å²) in [6.45, 7) is 4.46. The number of carbonyl (C=O) groups excluding carboxylic acids is 1. The Hall–Kier alpha value is -1.26. The summed E-state index contributed by atoms with van der Waals surface area (Å²) in [5.74, 6) is 0.642. The first-order valence-corrected chi connectivity index (χ1v) is 7.37. The topological polar surface area (TPSA) is 87.7 Å². The Morgan fingerprint density at radius 1 is 1.37 bits per heavy atom. The molecule has 0 spiro atoms. The van der Waals surface area contributed by atoms with Gasteiger partial charge in [0.25, 0.3) is 0 Å². The number of carbonyl (C=O) groups is 1. The van der Waals surface area contributed by atoms with Crippen molar-refractivity contribution in [2.24, 2.45) is 22.2 Å². The van der Waals surface area contributed by atoms with Crippen molar-refractivity contribution >= 4 is 11.7 Å². The lowest BCUT2D eigenvalue weighted by molar-refractivity contribution is -0.128. The second-order valence-corrected chi connectivity index (χ2v) is 5.47. The van der Waals surface area contributed by atoms with E-state index in [9.17, 15) is 4.79 Å². The van der Waals surface area contributed by atoms with E-state index in [0.29, 0.717) is 19.4 Å². The molecule has 0 aliphatic heterocycles. The zero-order valence-electron chi connectivity index (χ0n) is 12.1. The Morgan fingerprint density at radius 2 is 1.95 bits per heavy atom. The Bertz CT molecular complexity index is 319. The first kappa shape index (κ1) is 15.8. The van der Waals surface area contributed by atoms with Crippen LogP contribution in [0, 0.1) is 11.3 Å². The van der Waals surface area contributed by atoms with Crippen LogP contribution in [-0.4, -0.2) is 23.5 Å². The van der Waals surface area contributed by atoms with Crippen molar-refractivity contribution in [1.29, 1.82) is 0 Å². The average molecular weight is 269 g/mol. The maximum atomic E-state index is 12.3. The molecule has 1 saturated carbocycles. The van der Waals surface area contributed by atoms with E-state index in [1.54, 1.807) is 0 Å². The standard InChI is InChI=1S/C14H27N3O2/c1-3-14(4-2,12(15)17-19)13(18)16-10-9-11-7-5-6-8-11/h11,19H,3-10H2,1-2H3,(H2,15,17)(H,16,18). The number of amidine groups is 1. The van der Waals surface area contributed by atoms with Gasteiger partial charge in [0, 0.05) is 6.54 Å². The normalized spacial score (nSPS) is 17.7. The van der Waals surface area contributed by atoms with Crippen molar-refractivity contribution in [3.63, 3.8) is 0 Å². The van der Waals surface area contributed by atoms with Crippen LogP contribution in [-0.2, 0) is 4.79 Å². The Balaban J connectivity index is 2.52. The van der Waals surface area contributed by atoms with Gasteiger partial charge < -0.3 is 16.3 Å². The van der Waals surface area contributed by atoms with Crippen molar-refractivity contribution in [1.82, 2.24) is 5.32 Å². The van der Waals surface area contributed by atoms with Crippen molar-refractivity contribution in [2.45, 2.75) is 58.8 Å². The van der Waals surface area contributed by atoms with E-state index >= 15 is 0 Å². The van der Waals surface area contributed by atoms with Gasteiger partial charge in [-0.05, 0) is 25.2 Å². The Labute approximate surface area is 115 Å². The number of hydrogen-bond donors (Lipinski definition) is 3. The molecule has 1 rings (SSSR count). The van der Waals surface area contributed by atoms with Crippen molar-refractivity contribution in [2.75, 3.05) is 6.54 Å². The number of nitrogens with one attached hydrogen (secondary N) is 1. The highest BCUT2D eigenvalue weighted by Crippen LogP contribution is 2.28. The fraction of sp³-hybridized carbons (Fsp3) is 0.857. The molecule has 5 heteroatoms. The number of hydrogen-bond acceptors (Lipinski definition) is 3. The van der Waals surface area contributed by atoms with Crippen LogP contribution in [0.1, 0.15) is 58.8 Å². The monoisotopic (exact) mass is 269 g/mol. The Morgan fingerprint density at radius 3 is 2.42 bits per heavy atom. The summed E-state index contributed by atoms with van der Waals surface area (Å²) in [7, 11) is 0. The summed E-state index contributed by atoms with van der Waals surface area (Å²) in [5.41, 5.74) is 4.84. The molecule has 0 atom stereocenters. The molecule has 0 unspecified atom stereocenters. The van der Waals surface area contributed by atoms with Crippen LogP contribution in [0.3, 0.4) is 0 Å². The molecule has 0 heterocycles. The van der Waals surface area contributed by atoms with E-state index in [0.717, 1.165) is 12.3 Å². The maximum absolute atomic E-state index is 12.3. The molecule has 5 nitrogen and oxygen atoms in total. The highest BCUT2D eigenvalue weighted by Gasteiger charge is 2.39. The summed E-state index contributed by atoms with van der Waals surface area (Å²) in [5, 5.41) is 14.9. The van der Waals surface area contributed by atoms with Crippen molar-refractivity contribution in [3.05, 3.63) is 0 Å². The third-order valence-corrected chi connectivity index (χ3v) is 4.55. The number of nitrogens with zero attached hydrogens (tertiary/aromatic N) is 1. The van der Waals surface area contributed by atoms with E-state index in [1.807, 2.05) is 13.8 Å². The lowest BCUT2D eigenvalue weighted by Crippen LogP contribution is -2.49. The minimum Gasteiger partial charge on any atom is -0.409 e. The summed E-state index contributed by atoms with van der Waals surface area (Å²) >= 11 is 0. The highest BCUT2D eigenvalue weighted by atomic mass is 16.4. The first-order valence-electron chi connectivity index (χ1n) is 7.37. The molecular formula is C14H27N3O2. The summed E-state index contributed by atoms with van der Waals surface area (Å²) < 4.78 is 0. The van der Waals surface area contributed by atoms with Crippen LogP contribution < -0.4 is 11.1 Å². The molecule has 1 fully saturated rings. The SMILES string of the molecule is CCC(CC)(C(=O)NCCC1CCCC1)C(N)=NO. The lowest BCUT2D eigenvalue weighted by atomic mass is 9.80. The average Bonchev–Trinajstić information content (AvgIpc) is 2.93. The molecule has 1 amide bonds. The van der Waals surface area contributed by atoms with E-state index in [2.05, 4.69) is 10.5 Å². The summed E-state index contributed by atoms with van der Waals surface area (Å²) in [6.07, 6.45) is 7.30. The van der Waals surface area contributed by atoms with Crippen molar-refractivity contribution < 1.29 is 10.0 Å². The fourth-order valence-electron chi connectivity index (χ4n) is 3.00. The molecule has 1 aliphatic carbocycles. The first-order chi connectivity index (χ1) is 9.10. The minimum atomic E-state index is -0.871. The predicted octanol–water partition coefficient (Wildman–Crippen LogP) is 2.24. The van der Waals surface area contributed by atoms with Crippen LogP contribution in [0.4, 0.5) is 0 Å². The predicted molar refractivity (Wildman–Crippen MR) is 76.0 cm³/mol. The van der Waals surface area contributed by atoms with E-state index in [1.165, 1.54) is 25.7 Å². The van der Waals surface area contributed by atoms with Crippen LogP contribution in [0.25, 0.3) is 0 Å². The van der Waals surface area contributed by atoms with Crippen LogP contribution >= 0.6 is 0 Å². The van der Waals surface area contributed by atoms with Gasteiger partial charge in [-0.2, -0.15) is 0 Å². The van der Waals surface area contributed by atoms with Gasteiger partial charge in [-0.3, -0.25) is 4.79 Å². The van der Waals surface area contributed by atoms with Gasteiger partial charge in [-0.25, -0.2) is 0 Å². The molecule has 4 N–H and O–H groups in total. The van der Waals surface area contributed by atoms with Gasteiger partial charge in [-0.15, -0.1) is 0 Å². The number of oxime groups is 1. The largest absolute Gasteiger partial charge is 0.409 e. The fourth-order valence-corrected chi connectivity index (χ4v) is 3.00. The van der Waals surface area contributed by atoms with E-state index in [-0.39, 0.29) is 11.7 Å². The summed E-state index contributed by atoms with van der Waals surface area (Å²) in [6, 6.07) is 0. The van der Waals surface area contributed by atoms with Gasteiger partial charge in [0.1, 0.15) is 5.41 Å². The van der Waals surface area contributed by atoms with Gasteiger partial charge in [-0.1, -0.05) is 44.7 Å². The second kappa shape index (κ2) is 7.36. The molecule has 1 aliphatic rings. The Kier molecular flexibility index (Phi) is 6.12. The van der Waals surface area contributed by atoms with E-state index in [4.69, 9.17) is 10.9 Å². The number of nitrogens with two attached hydrogens (primary N) is 1. The maximum Gasteiger partial charge on any atom is 0.233 e. The summed E-state index contributed by atoms with van der Waals surface area (Å²) in [4.78, 5) is 12.3.